The maximum atomic E-state index is 12.9. The summed E-state index contributed by atoms with van der Waals surface area (Å²) in [6, 6.07) is 20.3. The van der Waals surface area contributed by atoms with Gasteiger partial charge in [-0.2, -0.15) is 0 Å². The molecule has 1 saturated heterocycles. The average molecular weight is 659 g/mol. The molecule has 0 bridgehead atoms. The van der Waals surface area contributed by atoms with Gasteiger partial charge in [0.1, 0.15) is 25.5 Å². The maximum absolute atomic E-state index is 12.9. The predicted octanol–water partition coefficient (Wildman–Crippen LogP) is 6.13. The van der Waals surface area contributed by atoms with E-state index in [9.17, 15) is 14.4 Å². The summed E-state index contributed by atoms with van der Waals surface area (Å²) in [6.45, 7) is 4.62. The van der Waals surface area contributed by atoms with Gasteiger partial charge in [-0.1, -0.05) is 23.8 Å². The third-order valence-corrected chi connectivity index (χ3v) is 7.13. The third kappa shape index (κ3) is 7.99. The van der Waals surface area contributed by atoms with Crippen molar-refractivity contribution in [1.29, 1.82) is 0 Å². The lowest BCUT2D eigenvalue weighted by molar-refractivity contribution is -0.127. The van der Waals surface area contributed by atoms with E-state index in [2.05, 4.69) is 27.9 Å². The van der Waals surface area contributed by atoms with Crippen LogP contribution in [0.2, 0.25) is 0 Å². The lowest BCUT2D eigenvalue weighted by Crippen LogP contribution is -2.36. The van der Waals surface area contributed by atoms with Gasteiger partial charge in [0.15, 0.2) is 11.5 Å². The highest BCUT2D eigenvalue weighted by atomic mass is 127. The molecule has 4 rings (SSSR count). The Labute approximate surface area is 244 Å². The molecule has 3 aromatic carbocycles. The molecular weight excluding hydrogens is 631 g/mol. The Morgan fingerprint density at radius 3 is 2.38 bits per heavy atom. The molecule has 3 aromatic rings. The highest BCUT2D eigenvalue weighted by molar-refractivity contribution is 14.1. The minimum absolute atomic E-state index is 0.227. The van der Waals surface area contributed by atoms with Crippen LogP contribution in [0, 0.1) is 10.5 Å². The van der Waals surface area contributed by atoms with Gasteiger partial charge in [-0.25, -0.2) is 0 Å². The number of nitrogens with zero attached hydrogens (tertiary/aromatic N) is 1. The second-order valence-electron chi connectivity index (χ2n) is 8.47. The number of halogens is 1. The molecule has 0 aromatic heterocycles. The minimum Gasteiger partial charge on any atom is -0.490 e. The molecule has 10 heteroatoms. The quantitative estimate of drug-likeness (QED) is 0.151. The fourth-order valence-electron chi connectivity index (χ4n) is 3.61. The fourth-order valence-corrected chi connectivity index (χ4v) is 4.81. The van der Waals surface area contributed by atoms with E-state index in [1.165, 1.54) is 0 Å². The van der Waals surface area contributed by atoms with Crippen molar-refractivity contribution in [2.45, 2.75) is 13.8 Å². The number of carbonyl (C=O) groups excluding carboxylic acids is 3. The average Bonchev–Trinajstić information content (AvgIpc) is 3.17. The van der Waals surface area contributed by atoms with Gasteiger partial charge in [0.25, 0.3) is 11.1 Å². The largest absolute Gasteiger partial charge is 0.490 e. The Balaban J connectivity index is 1.37. The molecule has 39 heavy (non-hydrogen) atoms. The van der Waals surface area contributed by atoms with Crippen molar-refractivity contribution in [3.05, 3.63) is 86.3 Å². The van der Waals surface area contributed by atoms with Gasteiger partial charge in [-0.15, -0.1) is 0 Å². The third-order valence-electron chi connectivity index (χ3n) is 5.50. The molecule has 0 spiro atoms. The molecular formula is C29H27IN2O6S. The molecule has 1 heterocycles. The second-order valence-corrected chi connectivity index (χ2v) is 10.7. The standard InChI is InChI=1S/C29H27IN2O6S/c1-3-36-25-16-20(6-13-24(25)38-15-14-37-23-11-4-19(2)5-12-23)17-26-28(34)32(29(35)39-26)18-27(33)31-22-9-7-21(30)8-10-22/h4-13,16-17H,3,14-15,18H2,1-2H3,(H,31,33)/b26-17-. The number of benzene rings is 3. The van der Waals surface area contributed by atoms with Crippen LogP contribution in [0.25, 0.3) is 6.08 Å². The van der Waals surface area contributed by atoms with E-state index in [0.717, 1.165) is 31.5 Å². The number of aryl methyl sites for hydroxylation is 1. The van der Waals surface area contributed by atoms with Crippen LogP contribution in [0.1, 0.15) is 18.1 Å². The van der Waals surface area contributed by atoms with Crippen molar-refractivity contribution in [1.82, 2.24) is 4.90 Å². The molecule has 1 aliphatic rings. The van der Waals surface area contributed by atoms with Crippen molar-refractivity contribution in [2.75, 3.05) is 31.7 Å². The van der Waals surface area contributed by atoms with Gasteiger partial charge in [-0.05, 0) is 108 Å². The van der Waals surface area contributed by atoms with Crippen molar-refractivity contribution >= 4 is 63.2 Å². The summed E-state index contributed by atoms with van der Waals surface area (Å²) in [6.07, 6.45) is 1.61. The number of hydrogen-bond donors (Lipinski definition) is 1. The van der Waals surface area contributed by atoms with Crippen molar-refractivity contribution in [3.63, 3.8) is 0 Å². The lowest BCUT2D eigenvalue weighted by atomic mass is 10.2. The smallest absolute Gasteiger partial charge is 0.294 e. The van der Waals surface area contributed by atoms with Gasteiger partial charge in [0.2, 0.25) is 5.91 Å². The fraction of sp³-hybridized carbons (Fsp3) is 0.207. The monoisotopic (exact) mass is 658 g/mol. The molecule has 0 saturated carbocycles. The number of amides is 3. The lowest BCUT2D eigenvalue weighted by Gasteiger charge is -2.13. The number of thioether (sulfide) groups is 1. The first-order chi connectivity index (χ1) is 18.8. The maximum Gasteiger partial charge on any atom is 0.294 e. The summed E-state index contributed by atoms with van der Waals surface area (Å²) in [5, 5.41) is 2.21. The summed E-state index contributed by atoms with van der Waals surface area (Å²) < 4.78 is 18.3. The van der Waals surface area contributed by atoms with E-state index in [-0.39, 0.29) is 11.4 Å². The first-order valence-corrected chi connectivity index (χ1v) is 14.1. The minimum atomic E-state index is -0.519. The van der Waals surface area contributed by atoms with Crippen LogP contribution in [0.15, 0.2) is 71.6 Å². The van der Waals surface area contributed by atoms with Gasteiger partial charge in [0.05, 0.1) is 11.5 Å². The van der Waals surface area contributed by atoms with Gasteiger partial charge in [0, 0.05) is 9.26 Å². The van der Waals surface area contributed by atoms with E-state index in [4.69, 9.17) is 14.2 Å². The summed E-state index contributed by atoms with van der Waals surface area (Å²) in [5.74, 6) is 0.853. The van der Waals surface area contributed by atoms with Crippen molar-refractivity contribution in [2.24, 2.45) is 0 Å². The van der Waals surface area contributed by atoms with Crippen molar-refractivity contribution in [3.8, 4) is 17.2 Å². The van der Waals surface area contributed by atoms with E-state index in [1.807, 2.05) is 50.2 Å². The van der Waals surface area contributed by atoms with E-state index in [0.29, 0.717) is 42.6 Å². The van der Waals surface area contributed by atoms with Gasteiger partial charge >= 0.3 is 0 Å². The molecule has 0 atom stereocenters. The number of nitrogens with one attached hydrogen (secondary N) is 1. The summed E-state index contributed by atoms with van der Waals surface area (Å²) in [7, 11) is 0. The first kappa shape index (κ1) is 28.5. The normalized spacial score (nSPS) is 14.0. The molecule has 1 N–H and O–H groups in total. The molecule has 0 aliphatic carbocycles. The zero-order chi connectivity index (χ0) is 27.8. The Morgan fingerprint density at radius 2 is 1.67 bits per heavy atom. The Bertz CT molecular complexity index is 1380. The number of ether oxygens (including phenoxy) is 3. The summed E-state index contributed by atoms with van der Waals surface area (Å²) >= 11 is 2.96. The molecule has 1 aliphatic heterocycles. The van der Waals surface area contributed by atoms with E-state index >= 15 is 0 Å². The number of anilines is 1. The summed E-state index contributed by atoms with van der Waals surface area (Å²) in [4.78, 5) is 39.0. The molecule has 0 unspecified atom stereocenters. The van der Waals surface area contributed by atoms with Crippen LogP contribution in [0.3, 0.4) is 0 Å². The van der Waals surface area contributed by atoms with Crippen LogP contribution in [-0.4, -0.2) is 48.3 Å². The highest BCUT2D eigenvalue weighted by Gasteiger charge is 2.36. The second kappa shape index (κ2) is 13.5. The molecule has 0 radical (unpaired) electrons. The van der Waals surface area contributed by atoms with Crippen LogP contribution in [0.5, 0.6) is 17.2 Å². The number of rotatable bonds is 11. The van der Waals surface area contributed by atoms with Gasteiger partial charge in [-0.3, -0.25) is 19.3 Å². The zero-order valence-corrected chi connectivity index (χ0v) is 24.4. The molecule has 8 nitrogen and oxygen atoms in total. The topological polar surface area (TPSA) is 94.2 Å². The molecule has 202 valence electrons. The van der Waals surface area contributed by atoms with E-state index < -0.39 is 17.1 Å². The number of imide groups is 1. The van der Waals surface area contributed by atoms with Crippen LogP contribution in [-0.2, 0) is 9.59 Å². The Morgan fingerprint density at radius 1 is 0.949 bits per heavy atom. The van der Waals surface area contributed by atoms with Crippen LogP contribution in [0.4, 0.5) is 10.5 Å². The van der Waals surface area contributed by atoms with E-state index in [1.54, 1.807) is 36.4 Å². The van der Waals surface area contributed by atoms with Crippen LogP contribution < -0.4 is 19.5 Å². The Hall–Kier alpha value is -3.51. The first-order valence-electron chi connectivity index (χ1n) is 12.2. The predicted molar refractivity (Wildman–Crippen MR) is 160 cm³/mol. The van der Waals surface area contributed by atoms with Gasteiger partial charge < -0.3 is 19.5 Å². The Kier molecular flexibility index (Phi) is 9.88. The SMILES string of the molecule is CCOc1cc(/C=C2\SC(=O)N(CC(=O)Nc3ccc(I)cc3)C2=O)ccc1OCCOc1ccc(C)cc1. The number of carbonyl (C=O) groups is 3. The summed E-state index contributed by atoms with van der Waals surface area (Å²) in [5.41, 5.74) is 2.42. The van der Waals surface area contributed by atoms with Crippen molar-refractivity contribution < 1.29 is 28.6 Å². The molecule has 1 fully saturated rings. The zero-order valence-electron chi connectivity index (χ0n) is 21.4. The van der Waals surface area contributed by atoms with Crippen LogP contribution >= 0.6 is 34.4 Å². The number of hydrogen-bond acceptors (Lipinski definition) is 7. The highest BCUT2D eigenvalue weighted by Crippen LogP contribution is 2.34. The molecule has 3 amide bonds.